The predicted molar refractivity (Wildman–Crippen MR) is 93.9 cm³/mol. The highest BCUT2D eigenvalue weighted by molar-refractivity contribution is 5.92. The van der Waals surface area contributed by atoms with Gasteiger partial charge in [0.15, 0.2) is 0 Å². The number of hydrogen-bond donors (Lipinski definition) is 2. The number of rotatable bonds is 7. The molecular weight excluding hydrogens is 320 g/mol. The van der Waals surface area contributed by atoms with E-state index in [0.717, 1.165) is 16.8 Å². The highest BCUT2D eigenvalue weighted by atomic mass is 16.5. The Labute approximate surface area is 145 Å². The van der Waals surface area contributed by atoms with E-state index in [1.807, 2.05) is 35.8 Å². The molecule has 2 aromatic carbocycles. The first-order valence-electron chi connectivity index (χ1n) is 8.11. The molecule has 0 saturated carbocycles. The third-order valence-electron chi connectivity index (χ3n) is 4.00. The maximum atomic E-state index is 11.2. The molecule has 3 rings (SSSR count). The number of hydrogen-bond acceptors (Lipinski definition) is 4. The van der Waals surface area contributed by atoms with E-state index >= 15 is 0 Å². The van der Waals surface area contributed by atoms with Crippen LogP contribution in [-0.4, -0.2) is 32.3 Å². The fourth-order valence-corrected chi connectivity index (χ4v) is 2.68. The predicted octanol–water partition coefficient (Wildman–Crippen LogP) is 3.00. The van der Waals surface area contributed by atoms with Crippen molar-refractivity contribution in [3.63, 3.8) is 0 Å². The van der Waals surface area contributed by atoms with Crippen molar-refractivity contribution >= 4 is 17.0 Å². The molecule has 0 spiro atoms. The summed E-state index contributed by atoms with van der Waals surface area (Å²) in [5, 5.41) is 18.3. The van der Waals surface area contributed by atoms with Crippen molar-refractivity contribution in [1.82, 2.24) is 9.55 Å². The Morgan fingerprint density at radius 1 is 1.20 bits per heavy atom. The van der Waals surface area contributed by atoms with Gasteiger partial charge in [0.1, 0.15) is 18.2 Å². The molecule has 0 unspecified atom stereocenters. The first-order valence-corrected chi connectivity index (χ1v) is 8.11. The standard InChI is InChI=1S/C19H20N2O4/c1-13-3-6-15(7-4-13)25-12-18-20-16-11-14(19(23)24)5-8-17(16)21(18)9-2-10-22/h3-8,11,22H,2,9-10,12H2,1H3,(H,23,24). The summed E-state index contributed by atoms with van der Waals surface area (Å²) in [7, 11) is 0. The SMILES string of the molecule is Cc1ccc(OCc2nc3cc(C(=O)O)ccc3n2CCCO)cc1. The lowest BCUT2D eigenvalue weighted by molar-refractivity contribution is 0.0697. The number of carboxylic acids is 1. The van der Waals surface area contributed by atoms with E-state index in [-0.39, 0.29) is 18.8 Å². The summed E-state index contributed by atoms with van der Waals surface area (Å²) in [4.78, 5) is 15.7. The Balaban J connectivity index is 1.91. The molecule has 0 fully saturated rings. The highest BCUT2D eigenvalue weighted by Gasteiger charge is 2.13. The van der Waals surface area contributed by atoms with Gasteiger partial charge in [-0.05, 0) is 43.7 Å². The molecule has 25 heavy (non-hydrogen) atoms. The number of aromatic carboxylic acids is 1. The van der Waals surface area contributed by atoms with E-state index in [4.69, 9.17) is 14.9 Å². The number of imidazole rings is 1. The number of carbonyl (C=O) groups is 1. The van der Waals surface area contributed by atoms with Crippen LogP contribution in [0.3, 0.4) is 0 Å². The van der Waals surface area contributed by atoms with Crippen LogP contribution in [0.2, 0.25) is 0 Å². The second-order valence-corrected chi connectivity index (χ2v) is 5.87. The van der Waals surface area contributed by atoms with Crippen molar-refractivity contribution in [1.29, 1.82) is 0 Å². The second kappa shape index (κ2) is 7.36. The van der Waals surface area contributed by atoms with E-state index < -0.39 is 5.97 Å². The molecule has 130 valence electrons. The lowest BCUT2D eigenvalue weighted by Crippen LogP contribution is -2.08. The minimum Gasteiger partial charge on any atom is -0.486 e. The fraction of sp³-hybridized carbons (Fsp3) is 0.263. The average Bonchev–Trinajstić information content (AvgIpc) is 2.96. The van der Waals surface area contributed by atoms with Gasteiger partial charge >= 0.3 is 5.97 Å². The third-order valence-corrected chi connectivity index (χ3v) is 4.00. The maximum absolute atomic E-state index is 11.2. The number of aliphatic hydroxyl groups is 1. The van der Waals surface area contributed by atoms with Crippen LogP contribution in [0.4, 0.5) is 0 Å². The summed E-state index contributed by atoms with van der Waals surface area (Å²) in [6.45, 7) is 2.95. The van der Waals surface area contributed by atoms with Gasteiger partial charge in [0.2, 0.25) is 0 Å². The molecule has 3 aromatic rings. The van der Waals surface area contributed by atoms with Gasteiger partial charge in [-0.15, -0.1) is 0 Å². The van der Waals surface area contributed by atoms with Crippen LogP contribution >= 0.6 is 0 Å². The normalized spacial score (nSPS) is 11.0. The van der Waals surface area contributed by atoms with Gasteiger partial charge in [0.05, 0.1) is 16.6 Å². The Morgan fingerprint density at radius 2 is 1.96 bits per heavy atom. The first-order chi connectivity index (χ1) is 12.1. The molecule has 0 bridgehead atoms. The molecule has 0 radical (unpaired) electrons. The molecule has 0 aliphatic heterocycles. The van der Waals surface area contributed by atoms with Crippen molar-refractivity contribution in [3.8, 4) is 5.75 Å². The van der Waals surface area contributed by atoms with Crippen molar-refractivity contribution in [2.45, 2.75) is 26.5 Å². The largest absolute Gasteiger partial charge is 0.486 e. The molecule has 0 aliphatic carbocycles. The molecule has 0 atom stereocenters. The molecule has 6 heteroatoms. The molecule has 0 amide bonds. The van der Waals surface area contributed by atoms with Crippen LogP contribution in [0.25, 0.3) is 11.0 Å². The van der Waals surface area contributed by atoms with Crippen molar-refractivity contribution < 1.29 is 19.7 Å². The van der Waals surface area contributed by atoms with Gasteiger partial charge in [0, 0.05) is 13.2 Å². The third kappa shape index (κ3) is 3.80. The van der Waals surface area contributed by atoms with E-state index in [0.29, 0.717) is 24.3 Å². The molecule has 0 aliphatic rings. The van der Waals surface area contributed by atoms with Crippen LogP contribution in [0, 0.1) is 6.92 Å². The second-order valence-electron chi connectivity index (χ2n) is 5.87. The zero-order valence-electron chi connectivity index (χ0n) is 14.0. The Hall–Kier alpha value is -2.86. The first kappa shape index (κ1) is 17.0. The zero-order valence-corrected chi connectivity index (χ0v) is 14.0. The Kier molecular flexibility index (Phi) is 5.00. The van der Waals surface area contributed by atoms with Gasteiger partial charge in [-0.2, -0.15) is 0 Å². The molecule has 1 heterocycles. The van der Waals surface area contributed by atoms with Crippen molar-refractivity contribution in [3.05, 3.63) is 59.4 Å². The summed E-state index contributed by atoms with van der Waals surface area (Å²) in [5.41, 5.74) is 2.80. The van der Waals surface area contributed by atoms with Gasteiger partial charge < -0.3 is 19.5 Å². The highest BCUT2D eigenvalue weighted by Crippen LogP contribution is 2.21. The number of ether oxygens (including phenoxy) is 1. The summed E-state index contributed by atoms with van der Waals surface area (Å²) in [6, 6.07) is 12.6. The van der Waals surface area contributed by atoms with Gasteiger partial charge in [-0.1, -0.05) is 17.7 Å². The number of fused-ring (bicyclic) bond motifs is 1. The quantitative estimate of drug-likeness (QED) is 0.691. The number of aromatic nitrogens is 2. The Morgan fingerprint density at radius 3 is 2.64 bits per heavy atom. The molecular formula is C19H20N2O4. The van der Waals surface area contributed by atoms with Crippen LogP contribution in [0.5, 0.6) is 5.75 Å². The van der Waals surface area contributed by atoms with Crippen LogP contribution < -0.4 is 4.74 Å². The number of aliphatic hydroxyl groups excluding tert-OH is 1. The Bertz CT molecular complexity index is 884. The van der Waals surface area contributed by atoms with Crippen LogP contribution in [0.1, 0.15) is 28.2 Å². The summed E-state index contributed by atoms with van der Waals surface area (Å²) in [6.07, 6.45) is 0.587. The van der Waals surface area contributed by atoms with E-state index in [2.05, 4.69) is 4.98 Å². The number of carboxylic acid groups (broad SMARTS) is 1. The van der Waals surface area contributed by atoms with Gasteiger partial charge in [0.25, 0.3) is 0 Å². The zero-order chi connectivity index (χ0) is 17.8. The summed E-state index contributed by atoms with van der Waals surface area (Å²) >= 11 is 0. The average molecular weight is 340 g/mol. The minimum atomic E-state index is -0.982. The maximum Gasteiger partial charge on any atom is 0.335 e. The van der Waals surface area contributed by atoms with Crippen LogP contribution in [0.15, 0.2) is 42.5 Å². The molecule has 6 nitrogen and oxygen atoms in total. The van der Waals surface area contributed by atoms with Gasteiger partial charge in [-0.25, -0.2) is 9.78 Å². The summed E-state index contributed by atoms with van der Waals surface area (Å²) < 4.78 is 7.78. The number of benzene rings is 2. The van der Waals surface area contributed by atoms with Gasteiger partial charge in [-0.3, -0.25) is 0 Å². The lowest BCUT2D eigenvalue weighted by atomic mass is 10.2. The topological polar surface area (TPSA) is 84.6 Å². The van der Waals surface area contributed by atoms with E-state index in [1.165, 1.54) is 0 Å². The lowest BCUT2D eigenvalue weighted by Gasteiger charge is -2.10. The monoisotopic (exact) mass is 340 g/mol. The molecule has 0 saturated heterocycles. The fourth-order valence-electron chi connectivity index (χ4n) is 2.68. The summed E-state index contributed by atoms with van der Waals surface area (Å²) in [5.74, 6) is 0.466. The van der Waals surface area contributed by atoms with E-state index in [9.17, 15) is 4.79 Å². The molecule has 1 aromatic heterocycles. The van der Waals surface area contributed by atoms with Crippen molar-refractivity contribution in [2.24, 2.45) is 0 Å². The van der Waals surface area contributed by atoms with Crippen LogP contribution in [-0.2, 0) is 13.2 Å². The number of nitrogens with zero attached hydrogens (tertiary/aromatic N) is 2. The number of aryl methyl sites for hydroxylation is 2. The van der Waals surface area contributed by atoms with Crippen molar-refractivity contribution in [2.75, 3.05) is 6.61 Å². The molecule has 2 N–H and O–H groups in total. The van der Waals surface area contributed by atoms with E-state index in [1.54, 1.807) is 18.2 Å². The minimum absolute atomic E-state index is 0.0745. The smallest absolute Gasteiger partial charge is 0.335 e.